The molecule has 0 unspecified atom stereocenters. The van der Waals surface area contributed by atoms with Gasteiger partial charge in [-0.15, -0.1) is 0 Å². The van der Waals surface area contributed by atoms with Crippen molar-refractivity contribution in [2.45, 2.75) is 32.6 Å². The van der Waals surface area contributed by atoms with Gasteiger partial charge in [0.05, 0.1) is 13.2 Å². The summed E-state index contributed by atoms with van der Waals surface area (Å²) in [5, 5.41) is 6.30. The van der Waals surface area contributed by atoms with Crippen LogP contribution in [0, 0.1) is 0 Å². The van der Waals surface area contributed by atoms with Gasteiger partial charge in [-0.3, -0.25) is 0 Å². The number of nitrogens with zero attached hydrogens (tertiary/aromatic N) is 4. The molecule has 2 N–H and O–H groups in total. The molecule has 0 aliphatic carbocycles. The number of unbranched alkanes of at least 4 members (excludes halogenated alkanes) is 3. The molecule has 0 saturated carbocycles. The summed E-state index contributed by atoms with van der Waals surface area (Å²) in [5.41, 5.74) is 0. The molecule has 0 amide bonds. The van der Waals surface area contributed by atoms with Gasteiger partial charge in [-0.05, 0) is 6.42 Å². The van der Waals surface area contributed by atoms with Gasteiger partial charge < -0.3 is 20.3 Å². The molecule has 1 fully saturated rings. The van der Waals surface area contributed by atoms with Gasteiger partial charge in [0.2, 0.25) is 17.8 Å². The smallest absolute Gasteiger partial charge is 0.232 e. The monoisotopic (exact) mass is 294 g/mol. The first kappa shape index (κ1) is 15.8. The molecule has 0 atom stereocenters. The van der Waals surface area contributed by atoms with Crippen LogP contribution >= 0.6 is 0 Å². The van der Waals surface area contributed by atoms with Gasteiger partial charge in [0.25, 0.3) is 0 Å². The Bertz CT molecular complexity index is 422. The molecule has 0 spiro atoms. The zero-order valence-electron chi connectivity index (χ0n) is 13.1. The number of anilines is 3. The van der Waals surface area contributed by atoms with Gasteiger partial charge >= 0.3 is 0 Å². The van der Waals surface area contributed by atoms with Gasteiger partial charge in [-0.1, -0.05) is 26.2 Å². The number of ether oxygens (including phenoxy) is 1. The number of nitrogens with one attached hydrogen (secondary N) is 2. The van der Waals surface area contributed by atoms with Crippen LogP contribution in [-0.2, 0) is 4.74 Å². The second-order valence-corrected chi connectivity index (χ2v) is 5.12. The first-order valence-corrected chi connectivity index (χ1v) is 7.84. The Morgan fingerprint density at radius 2 is 1.81 bits per heavy atom. The van der Waals surface area contributed by atoms with Crippen LogP contribution in [0.1, 0.15) is 32.6 Å². The summed E-state index contributed by atoms with van der Waals surface area (Å²) >= 11 is 0. The third-order valence-electron chi connectivity index (χ3n) is 3.45. The lowest BCUT2D eigenvalue weighted by Gasteiger charge is -2.27. The highest BCUT2D eigenvalue weighted by Crippen LogP contribution is 2.14. The second kappa shape index (κ2) is 8.61. The minimum Gasteiger partial charge on any atom is -0.378 e. The van der Waals surface area contributed by atoms with E-state index in [1.54, 1.807) is 0 Å². The van der Waals surface area contributed by atoms with Crippen molar-refractivity contribution in [3.8, 4) is 0 Å². The van der Waals surface area contributed by atoms with Crippen molar-refractivity contribution in [2.24, 2.45) is 0 Å². The highest BCUT2D eigenvalue weighted by Gasteiger charge is 2.16. The van der Waals surface area contributed by atoms with Gasteiger partial charge in [0.15, 0.2) is 0 Å². The molecule has 1 saturated heterocycles. The number of morpholine rings is 1. The van der Waals surface area contributed by atoms with E-state index in [-0.39, 0.29) is 0 Å². The minimum atomic E-state index is 0.600. The SMILES string of the molecule is CCCCCCNc1nc(NC)nc(N2CCOCC2)n1. The molecular weight excluding hydrogens is 268 g/mol. The molecular formula is C14H26N6O. The van der Waals surface area contributed by atoms with Crippen LogP contribution in [0.25, 0.3) is 0 Å². The molecule has 7 nitrogen and oxygen atoms in total. The van der Waals surface area contributed by atoms with Crippen LogP contribution in [0.5, 0.6) is 0 Å². The molecule has 0 bridgehead atoms. The van der Waals surface area contributed by atoms with Crippen molar-refractivity contribution in [3.63, 3.8) is 0 Å². The molecule has 118 valence electrons. The summed E-state index contributed by atoms with van der Waals surface area (Å²) in [7, 11) is 1.82. The van der Waals surface area contributed by atoms with Crippen molar-refractivity contribution in [1.29, 1.82) is 0 Å². The van der Waals surface area contributed by atoms with Crippen molar-refractivity contribution in [1.82, 2.24) is 15.0 Å². The lowest BCUT2D eigenvalue weighted by molar-refractivity contribution is 0.122. The Kier molecular flexibility index (Phi) is 6.46. The predicted octanol–water partition coefficient (Wildman–Crippen LogP) is 1.74. The normalized spacial score (nSPS) is 15.0. The van der Waals surface area contributed by atoms with Gasteiger partial charge in [0.1, 0.15) is 0 Å². The van der Waals surface area contributed by atoms with Crippen molar-refractivity contribution >= 4 is 17.8 Å². The van der Waals surface area contributed by atoms with Gasteiger partial charge in [-0.25, -0.2) is 0 Å². The lowest BCUT2D eigenvalue weighted by atomic mass is 10.2. The van der Waals surface area contributed by atoms with Crippen molar-refractivity contribution in [2.75, 3.05) is 55.4 Å². The molecule has 21 heavy (non-hydrogen) atoms. The van der Waals surface area contributed by atoms with E-state index in [9.17, 15) is 0 Å². The van der Waals surface area contributed by atoms with E-state index in [4.69, 9.17) is 4.74 Å². The van der Waals surface area contributed by atoms with E-state index in [0.29, 0.717) is 17.8 Å². The summed E-state index contributed by atoms with van der Waals surface area (Å²) in [4.78, 5) is 15.4. The molecule has 1 aliphatic rings. The van der Waals surface area contributed by atoms with Crippen LogP contribution in [-0.4, -0.2) is 54.8 Å². The third-order valence-corrected chi connectivity index (χ3v) is 3.45. The number of aromatic nitrogens is 3. The second-order valence-electron chi connectivity index (χ2n) is 5.12. The standard InChI is InChI=1S/C14H26N6O/c1-3-4-5-6-7-16-13-17-12(15-2)18-14(19-13)20-8-10-21-11-9-20/h3-11H2,1-2H3,(H2,15,16,17,18,19). The Hall–Kier alpha value is -1.63. The number of hydrogen-bond acceptors (Lipinski definition) is 7. The average Bonchev–Trinajstić information content (AvgIpc) is 2.55. The quantitative estimate of drug-likeness (QED) is 0.707. The van der Waals surface area contributed by atoms with Crippen molar-refractivity contribution < 1.29 is 4.74 Å². The number of hydrogen-bond donors (Lipinski definition) is 2. The fourth-order valence-corrected chi connectivity index (χ4v) is 2.21. The minimum absolute atomic E-state index is 0.600. The molecule has 7 heteroatoms. The van der Waals surface area contributed by atoms with Crippen molar-refractivity contribution in [3.05, 3.63) is 0 Å². The highest BCUT2D eigenvalue weighted by atomic mass is 16.5. The molecule has 1 aromatic heterocycles. The van der Waals surface area contributed by atoms with E-state index < -0.39 is 0 Å². The largest absolute Gasteiger partial charge is 0.378 e. The first-order chi connectivity index (χ1) is 10.3. The van der Waals surface area contributed by atoms with E-state index >= 15 is 0 Å². The van der Waals surface area contributed by atoms with Gasteiger partial charge in [-0.2, -0.15) is 15.0 Å². The molecule has 0 aromatic carbocycles. The zero-order chi connectivity index (χ0) is 14.9. The molecule has 1 aliphatic heterocycles. The Morgan fingerprint density at radius 1 is 1.05 bits per heavy atom. The highest BCUT2D eigenvalue weighted by molar-refractivity contribution is 5.43. The van der Waals surface area contributed by atoms with E-state index in [1.807, 2.05) is 7.05 Å². The average molecular weight is 294 g/mol. The molecule has 0 radical (unpaired) electrons. The number of rotatable bonds is 8. The van der Waals surface area contributed by atoms with Crippen LogP contribution in [0.2, 0.25) is 0 Å². The summed E-state index contributed by atoms with van der Waals surface area (Å²) < 4.78 is 5.37. The molecule has 2 heterocycles. The maximum absolute atomic E-state index is 5.37. The Morgan fingerprint density at radius 3 is 2.52 bits per heavy atom. The summed E-state index contributed by atoms with van der Waals surface area (Å²) in [6.45, 7) is 6.20. The maximum Gasteiger partial charge on any atom is 0.232 e. The topological polar surface area (TPSA) is 75.2 Å². The summed E-state index contributed by atoms with van der Waals surface area (Å²) in [5.74, 6) is 1.96. The van der Waals surface area contributed by atoms with Crippen LogP contribution in [0.15, 0.2) is 0 Å². The van der Waals surface area contributed by atoms with E-state index in [0.717, 1.165) is 39.3 Å². The third kappa shape index (κ3) is 5.00. The fraction of sp³-hybridized carbons (Fsp3) is 0.786. The zero-order valence-corrected chi connectivity index (χ0v) is 13.1. The fourth-order valence-electron chi connectivity index (χ4n) is 2.21. The van der Waals surface area contributed by atoms with Gasteiger partial charge in [0, 0.05) is 26.7 Å². The first-order valence-electron chi connectivity index (χ1n) is 7.84. The Balaban J connectivity index is 1.96. The Labute approximate surface area is 126 Å². The lowest BCUT2D eigenvalue weighted by Crippen LogP contribution is -2.37. The van der Waals surface area contributed by atoms with E-state index in [2.05, 4.69) is 37.4 Å². The van der Waals surface area contributed by atoms with Crippen LogP contribution < -0.4 is 15.5 Å². The maximum atomic E-state index is 5.37. The summed E-state index contributed by atoms with van der Waals surface area (Å²) in [6.07, 6.45) is 4.90. The summed E-state index contributed by atoms with van der Waals surface area (Å²) in [6, 6.07) is 0. The predicted molar refractivity (Wildman–Crippen MR) is 85.0 cm³/mol. The van der Waals surface area contributed by atoms with Crippen LogP contribution in [0.4, 0.5) is 17.8 Å². The van der Waals surface area contributed by atoms with Crippen LogP contribution in [0.3, 0.4) is 0 Å². The van der Waals surface area contributed by atoms with E-state index in [1.165, 1.54) is 19.3 Å². The molecule has 2 rings (SSSR count). The molecule has 1 aromatic rings.